The Kier molecular flexibility index (Phi) is 2.82. The first-order valence-electron chi connectivity index (χ1n) is 5.90. The summed E-state index contributed by atoms with van der Waals surface area (Å²) >= 11 is 0. The van der Waals surface area contributed by atoms with Crippen molar-refractivity contribution in [3.8, 4) is 0 Å². The van der Waals surface area contributed by atoms with Gasteiger partial charge in [-0.15, -0.1) is 0 Å². The van der Waals surface area contributed by atoms with E-state index in [4.69, 9.17) is 4.74 Å². The minimum atomic E-state index is -0.339. The first-order valence-corrected chi connectivity index (χ1v) is 5.90. The number of amides is 1. The average Bonchev–Trinajstić information content (AvgIpc) is 2.75. The van der Waals surface area contributed by atoms with Crippen LogP contribution in [0.2, 0.25) is 0 Å². The van der Waals surface area contributed by atoms with Crippen LogP contribution in [-0.2, 0) is 11.3 Å². The molecule has 0 aromatic heterocycles. The third-order valence-corrected chi connectivity index (χ3v) is 3.01. The largest absolute Gasteiger partial charge is 0.349 e. The van der Waals surface area contributed by atoms with Crippen molar-refractivity contribution in [2.24, 2.45) is 0 Å². The maximum absolute atomic E-state index is 11.7. The van der Waals surface area contributed by atoms with Crippen molar-refractivity contribution in [2.45, 2.75) is 12.8 Å². The molecule has 1 aliphatic rings. The maximum atomic E-state index is 11.7. The maximum Gasteiger partial charge on any atom is 0.253 e. The Labute approximate surface area is 105 Å². The van der Waals surface area contributed by atoms with Gasteiger partial charge in [-0.1, -0.05) is 48.5 Å². The zero-order chi connectivity index (χ0) is 12.4. The Hall–Kier alpha value is -2.13. The van der Waals surface area contributed by atoms with E-state index in [9.17, 15) is 4.79 Å². The number of hydrogen-bond acceptors (Lipinski definition) is 2. The monoisotopic (exact) mass is 239 g/mol. The second-order valence-corrected chi connectivity index (χ2v) is 4.24. The minimum absolute atomic E-state index is 0.0661. The van der Waals surface area contributed by atoms with Gasteiger partial charge in [0.05, 0.1) is 6.61 Å². The highest BCUT2D eigenvalue weighted by atomic mass is 16.5. The Morgan fingerprint density at radius 3 is 2.56 bits per heavy atom. The summed E-state index contributed by atoms with van der Waals surface area (Å²) in [6.07, 6.45) is -0.339. The van der Waals surface area contributed by atoms with Crippen LogP contribution in [0.5, 0.6) is 0 Å². The molecule has 0 spiro atoms. The van der Waals surface area contributed by atoms with Crippen LogP contribution < -0.4 is 5.32 Å². The fraction of sp³-hybridized carbons (Fsp3) is 0.133. The molecule has 90 valence electrons. The molecule has 0 bridgehead atoms. The Balaban J connectivity index is 1.74. The SMILES string of the molecule is O=C1NC(OCc2ccccc2)c2ccccc21. The number of hydrogen-bond donors (Lipinski definition) is 1. The molecular weight excluding hydrogens is 226 g/mol. The fourth-order valence-corrected chi connectivity index (χ4v) is 2.09. The van der Waals surface area contributed by atoms with E-state index >= 15 is 0 Å². The lowest BCUT2D eigenvalue weighted by molar-refractivity contribution is 0.0234. The number of nitrogens with one attached hydrogen (secondary N) is 1. The molecule has 0 saturated carbocycles. The topological polar surface area (TPSA) is 38.3 Å². The number of benzene rings is 2. The second-order valence-electron chi connectivity index (χ2n) is 4.24. The van der Waals surface area contributed by atoms with Gasteiger partial charge in [-0.05, 0) is 11.6 Å². The highest BCUT2D eigenvalue weighted by Gasteiger charge is 2.28. The summed E-state index contributed by atoms with van der Waals surface area (Å²) in [4.78, 5) is 11.7. The van der Waals surface area contributed by atoms with Crippen LogP contribution in [0.4, 0.5) is 0 Å². The standard InChI is InChI=1S/C15H13NO2/c17-14-12-8-4-5-9-13(12)15(16-14)18-10-11-6-2-1-3-7-11/h1-9,15H,10H2,(H,16,17). The molecule has 0 radical (unpaired) electrons. The van der Waals surface area contributed by atoms with Gasteiger partial charge in [-0.2, -0.15) is 0 Å². The van der Waals surface area contributed by atoms with Crippen molar-refractivity contribution in [1.82, 2.24) is 5.32 Å². The Morgan fingerprint density at radius 2 is 1.72 bits per heavy atom. The van der Waals surface area contributed by atoms with Crippen LogP contribution in [-0.4, -0.2) is 5.91 Å². The van der Waals surface area contributed by atoms with Gasteiger partial charge < -0.3 is 10.1 Å². The second kappa shape index (κ2) is 4.63. The van der Waals surface area contributed by atoms with Crippen molar-refractivity contribution < 1.29 is 9.53 Å². The molecule has 0 aliphatic carbocycles. The molecule has 3 nitrogen and oxygen atoms in total. The lowest BCUT2D eigenvalue weighted by atomic mass is 10.1. The first-order chi connectivity index (χ1) is 8.84. The normalized spacial score (nSPS) is 17.3. The smallest absolute Gasteiger partial charge is 0.253 e. The highest BCUT2D eigenvalue weighted by molar-refractivity contribution is 5.98. The summed E-state index contributed by atoms with van der Waals surface area (Å²) in [7, 11) is 0. The molecule has 2 aromatic carbocycles. The van der Waals surface area contributed by atoms with Gasteiger partial charge in [0, 0.05) is 11.1 Å². The Bertz CT molecular complexity index is 566. The van der Waals surface area contributed by atoms with Crippen molar-refractivity contribution in [3.05, 3.63) is 71.3 Å². The summed E-state index contributed by atoms with van der Waals surface area (Å²) in [5.74, 6) is -0.0661. The van der Waals surface area contributed by atoms with E-state index in [1.54, 1.807) is 0 Å². The van der Waals surface area contributed by atoms with E-state index < -0.39 is 0 Å². The number of fused-ring (bicyclic) bond motifs is 1. The third kappa shape index (κ3) is 2.00. The summed E-state index contributed by atoms with van der Waals surface area (Å²) in [5.41, 5.74) is 2.71. The molecule has 1 unspecified atom stereocenters. The van der Waals surface area contributed by atoms with Crippen LogP contribution in [0.15, 0.2) is 54.6 Å². The van der Waals surface area contributed by atoms with Gasteiger partial charge in [0.25, 0.3) is 5.91 Å². The molecule has 3 rings (SSSR count). The van der Waals surface area contributed by atoms with E-state index in [-0.39, 0.29) is 12.1 Å². The number of rotatable bonds is 3. The van der Waals surface area contributed by atoms with Crippen LogP contribution in [0.1, 0.15) is 27.7 Å². The van der Waals surface area contributed by atoms with Gasteiger partial charge in [-0.3, -0.25) is 4.79 Å². The lowest BCUT2D eigenvalue weighted by Crippen LogP contribution is -2.21. The van der Waals surface area contributed by atoms with E-state index in [0.717, 1.165) is 11.1 Å². The molecule has 1 amide bonds. The quantitative estimate of drug-likeness (QED) is 0.894. The van der Waals surface area contributed by atoms with Crippen molar-refractivity contribution in [1.29, 1.82) is 0 Å². The highest BCUT2D eigenvalue weighted by Crippen LogP contribution is 2.26. The van der Waals surface area contributed by atoms with Gasteiger partial charge in [0.15, 0.2) is 6.23 Å². The number of carbonyl (C=O) groups is 1. The number of ether oxygens (including phenoxy) is 1. The van der Waals surface area contributed by atoms with Crippen LogP contribution in [0, 0.1) is 0 Å². The predicted octanol–water partition coefficient (Wildman–Crippen LogP) is 2.65. The fourth-order valence-electron chi connectivity index (χ4n) is 2.09. The summed E-state index contributed by atoms with van der Waals surface area (Å²) < 4.78 is 5.75. The molecule has 0 fully saturated rings. The summed E-state index contributed by atoms with van der Waals surface area (Å²) in [6, 6.07) is 17.4. The molecule has 3 heteroatoms. The molecule has 1 atom stereocenters. The van der Waals surface area contributed by atoms with Gasteiger partial charge >= 0.3 is 0 Å². The number of carbonyl (C=O) groups excluding carboxylic acids is 1. The zero-order valence-electron chi connectivity index (χ0n) is 9.80. The first kappa shape index (κ1) is 11.0. The summed E-state index contributed by atoms with van der Waals surface area (Å²) in [6.45, 7) is 0.486. The van der Waals surface area contributed by atoms with E-state index in [0.29, 0.717) is 12.2 Å². The predicted molar refractivity (Wildman–Crippen MR) is 67.9 cm³/mol. The zero-order valence-corrected chi connectivity index (χ0v) is 9.80. The molecule has 0 saturated heterocycles. The molecule has 2 aromatic rings. The lowest BCUT2D eigenvalue weighted by Gasteiger charge is -2.13. The summed E-state index contributed by atoms with van der Waals surface area (Å²) in [5, 5.41) is 2.83. The van der Waals surface area contributed by atoms with Crippen molar-refractivity contribution >= 4 is 5.91 Å². The van der Waals surface area contributed by atoms with Gasteiger partial charge in [0.2, 0.25) is 0 Å². The van der Waals surface area contributed by atoms with Crippen LogP contribution in [0.25, 0.3) is 0 Å². The third-order valence-electron chi connectivity index (χ3n) is 3.01. The molecular formula is C15H13NO2. The molecule has 1 aliphatic heterocycles. The molecule has 1 heterocycles. The van der Waals surface area contributed by atoms with E-state index in [1.165, 1.54) is 0 Å². The average molecular weight is 239 g/mol. The van der Waals surface area contributed by atoms with Crippen molar-refractivity contribution in [3.63, 3.8) is 0 Å². The molecule has 18 heavy (non-hydrogen) atoms. The van der Waals surface area contributed by atoms with Crippen LogP contribution in [0.3, 0.4) is 0 Å². The minimum Gasteiger partial charge on any atom is -0.349 e. The molecule has 1 N–H and O–H groups in total. The van der Waals surface area contributed by atoms with Crippen LogP contribution >= 0.6 is 0 Å². The van der Waals surface area contributed by atoms with Crippen molar-refractivity contribution in [2.75, 3.05) is 0 Å². The Morgan fingerprint density at radius 1 is 1.00 bits per heavy atom. The van der Waals surface area contributed by atoms with Gasteiger partial charge in [0.1, 0.15) is 0 Å². The van der Waals surface area contributed by atoms with E-state index in [1.807, 2.05) is 54.6 Å². The van der Waals surface area contributed by atoms with E-state index in [2.05, 4.69) is 5.32 Å². The van der Waals surface area contributed by atoms with Gasteiger partial charge in [-0.25, -0.2) is 0 Å².